The Morgan fingerprint density at radius 1 is 1.08 bits per heavy atom. The van der Waals surface area contributed by atoms with E-state index in [1.165, 1.54) is 16.8 Å². The molecule has 130 valence electrons. The first-order valence-electron chi connectivity index (χ1n) is 9.02. The van der Waals surface area contributed by atoms with Gasteiger partial charge in [0.05, 0.1) is 6.61 Å². The summed E-state index contributed by atoms with van der Waals surface area (Å²) in [4.78, 5) is 17.1. The number of aryl methyl sites for hydroxylation is 1. The number of nitrogens with zero attached hydrogens (tertiary/aromatic N) is 2. The zero-order valence-corrected chi connectivity index (χ0v) is 14.6. The number of fused-ring (bicyclic) bond motifs is 1. The van der Waals surface area contributed by atoms with Crippen LogP contribution in [-0.4, -0.2) is 43.6 Å². The van der Waals surface area contributed by atoms with Crippen LogP contribution in [0, 0.1) is 6.92 Å². The summed E-state index contributed by atoms with van der Waals surface area (Å²) in [5, 5.41) is 0. The molecule has 1 saturated heterocycles. The van der Waals surface area contributed by atoms with Gasteiger partial charge >= 0.3 is 0 Å². The van der Waals surface area contributed by atoms with Crippen LogP contribution in [-0.2, 0) is 4.79 Å². The zero-order valence-electron chi connectivity index (χ0n) is 14.6. The van der Waals surface area contributed by atoms with E-state index in [0.29, 0.717) is 13.0 Å². The molecule has 0 N–H and O–H groups in total. The lowest BCUT2D eigenvalue weighted by molar-refractivity contribution is -0.132. The third-order valence-corrected chi connectivity index (χ3v) is 5.22. The van der Waals surface area contributed by atoms with Crippen LogP contribution in [0.4, 0.5) is 5.69 Å². The van der Waals surface area contributed by atoms with Crippen LogP contribution in [0.15, 0.2) is 48.5 Å². The second-order valence-electron chi connectivity index (χ2n) is 6.96. The van der Waals surface area contributed by atoms with Crippen LogP contribution >= 0.6 is 0 Å². The number of benzene rings is 2. The van der Waals surface area contributed by atoms with Gasteiger partial charge in [0.2, 0.25) is 5.91 Å². The molecular formula is C21H24N2O2. The van der Waals surface area contributed by atoms with Crippen molar-refractivity contribution >= 4 is 11.6 Å². The lowest BCUT2D eigenvalue weighted by Gasteiger charge is -2.36. The fourth-order valence-corrected chi connectivity index (χ4v) is 3.78. The van der Waals surface area contributed by atoms with Crippen LogP contribution < -0.4 is 9.64 Å². The Morgan fingerprint density at radius 2 is 1.88 bits per heavy atom. The van der Waals surface area contributed by atoms with Gasteiger partial charge in [-0.2, -0.15) is 0 Å². The Hall–Kier alpha value is -2.49. The van der Waals surface area contributed by atoms with Crippen molar-refractivity contribution in [2.45, 2.75) is 19.3 Å². The Morgan fingerprint density at radius 3 is 2.68 bits per heavy atom. The topological polar surface area (TPSA) is 32.8 Å². The minimum absolute atomic E-state index is 0.193. The van der Waals surface area contributed by atoms with E-state index in [2.05, 4.69) is 42.2 Å². The summed E-state index contributed by atoms with van der Waals surface area (Å²) >= 11 is 0. The van der Waals surface area contributed by atoms with Crippen LogP contribution in [0.3, 0.4) is 0 Å². The highest BCUT2D eigenvalue weighted by Crippen LogP contribution is 2.35. The fourth-order valence-electron chi connectivity index (χ4n) is 3.78. The molecule has 1 fully saturated rings. The number of anilines is 1. The standard InChI is InChI=1S/C21H24N2O2/c1-16-5-4-6-18(13-16)22-9-11-23(12-10-22)21(24)14-17-15-25-20-8-3-2-7-19(17)20/h2-8,13,17H,9-12,14-15H2,1H3. The van der Waals surface area contributed by atoms with Gasteiger partial charge < -0.3 is 14.5 Å². The predicted molar refractivity (Wildman–Crippen MR) is 99.3 cm³/mol. The summed E-state index contributed by atoms with van der Waals surface area (Å²) in [6, 6.07) is 16.6. The first kappa shape index (κ1) is 16.0. The largest absolute Gasteiger partial charge is 0.493 e. The lowest BCUT2D eigenvalue weighted by Crippen LogP contribution is -2.49. The summed E-state index contributed by atoms with van der Waals surface area (Å²) < 4.78 is 5.71. The van der Waals surface area contributed by atoms with E-state index in [1.807, 2.05) is 23.1 Å². The van der Waals surface area contributed by atoms with Crippen molar-refractivity contribution in [3.8, 4) is 5.75 Å². The maximum atomic E-state index is 12.7. The Bertz CT molecular complexity index is 766. The molecule has 0 aliphatic carbocycles. The molecule has 2 aromatic carbocycles. The van der Waals surface area contributed by atoms with E-state index in [4.69, 9.17) is 4.74 Å². The molecule has 0 radical (unpaired) electrons. The molecule has 1 unspecified atom stereocenters. The van der Waals surface area contributed by atoms with Crippen LogP contribution in [0.25, 0.3) is 0 Å². The van der Waals surface area contributed by atoms with Gasteiger partial charge in [0.1, 0.15) is 5.75 Å². The summed E-state index contributed by atoms with van der Waals surface area (Å²) in [5.74, 6) is 1.37. The summed E-state index contributed by atoms with van der Waals surface area (Å²) in [6.45, 7) is 6.11. The van der Waals surface area contributed by atoms with Crippen molar-refractivity contribution in [3.63, 3.8) is 0 Å². The Kier molecular flexibility index (Phi) is 4.35. The molecule has 0 saturated carbocycles. The molecule has 2 aliphatic rings. The minimum Gasteiger partial charge on any atom is -0.493 e. The number of carbonyl (C=O) groups is 1. The molecule has 2 aromatic rings. The molecule has 0 spiro atoms. The first-order chi connectivity index (χ1) is 12.2. The minimum atomic E-state index is 0.193. The first-order valence-corrected chi connectivity index (χ1v) is 9.02. The van der Waals surface area contributed by atoms with E-state index >= 15 is 0 Å². The number of carbonyl (C=O) groups excluding carboxylic acids is 1. The van der Waals surface area contributed by atoms with E-state index < -0.39 is 0 Å². The van der Waals surface area contributed by atoms with Gasteiger partial charge in [0.25, 0.3) is 0 Å². The van der Waals surface area contributed by atoms with Gasteiger partial charge in [0, 0.05) is 49.8 Å². The summed E-state index contributed by atoms with van der Waals surface area (Å²) in [7, 11) is 0. The van der Waals surface area contributed by atoms with Gasteiger partial charge in [-0.05, 0) is 30.7 Å². The van der Waals surface area contributed by atoms with Gasteiger partial charge in [-0.1, -0.05) is 30.3 Å². The Balaban J connectivity index is 1.34. The number of rotatable bonds is 3. The fraction of sp³-hybridized carbons (Fsp3) is 0.381. The van der Waals surface area contributed by atoms with Gasteiger partial charge in [-0.25, -0.2) is 0 Å². The van der Waals surface area contributed by atoms with E-state index in [-0.39, 0.29) is 11.8 Å². The average Bonchev–Trinajstić information content (AvgIpc) is 3.05. The number of hydrogen-bond acceptors (Lipinski definition) is 3. The van der Waals surface area contributed by atoms with Gasteiger partial charge in [0.15, 0.2) is 0 Å². The molecule has 4 rings (SSSR count). The second-order valence-corrected chi connectivity index (χ2v) is 6.96. The smallest absolute Gasteiger partial charge is 0.223 e. The summed E-state index contributed by atoms with van der Waals surface area (Å²) in [6.07, 6.45) is 0.543. The lowest BCUT2D eigenvalue weighted by atomic mass is 9.97. The number of amides is 1. The number of piperazine rings is 1. The van der Waals surface area contributed by atoms with Crippen molar-refractivity contribution in [2.24, 2.45) is 0 Å². The van der Waals surface area contributed by atoms with Crippen LogP contribution in [0.1, 0.15) is 23.5 Å². The SMILES string of the molecule is Cc1cccc(N2CCN(C(=O)CC3COc4ccccc43)CC2)c1. The van der Waals surface area contributed by atoms with E-state index in [0.717, 1.165) is 31.9 Å². The molecule has 2 heterocycles. The van der Waals surface area contributed by atoms with E-state index in [1.54, 1.807) is 0 Å². The average molecular weight is 336 g/mol. The third kappa shape index (κ3) is 3.34. The van der Waals surface area contributed by atoms with Crippen molar-refractivity contribution in [1.29, 1.82) is 0 Å². The van der Waals surface area contributed by atoms with Crippen molar-refractivity contribution in [1.82, 2.24) is 4.90 Å². The predicted octanol–water partition coefficient (Wildman–Crippen LogP) is 3.21. The van der Waals surface area contributed by atoms with Gasteiger partial charge in [-0.15, -0.1) is 0 Å². The zero-order chi connectivity index (χ0) is 17.2. The molecule has 0 bridgehead atoms. The molecular weight excluding hydrogens is 312 g/mol. The molecule has 0 aromatic heterocycles. The number of ether oxygens (including phenoxy) is 1. The molecule has 1 atom stereocenters. The number of para-hydroxylation sites is 1. The molecule has 1 amide bonds. The molecule has 4 heteroatoms. The molecule has 25 heavy (non-hydrogen) atoms. The van der Waals surface area contributed by atoms with Crippen molar-refractivity contribution in [2.75, 3.05) is 37.7 Å². The highest BCUT2D eigenvalue weighted by Gasteiger charge is 2.29. The normalized spacial score (nSPS) is 19.5. The monoisotopic (exact) mass is 336 g/mol. The van der Waals surface area contributed by atoms with E-state index in [9.17, 15) is 4.79 Å². The maximum absolute atomic E-state index is 12.7. The second kappa shape index (κ2) is 6.79. The third-order valence-electron chi connectivity index (χ3n) is 5.22. The van der Waals surface area contributed by atoms with Gasteiger partial charge in [-0.3, -0.25) is 4.79 Å². The molecule has 2 aliphatic heterocycles. The number of hydrogen-bond donors (Lipinski definition) is 0. The molecule has 4 nitrogen and oxygen atoms in total. The van der Waals surface area contributed by atoms with Crippen molar-refractivity contribution < 1.29 is 9.53 Å². The van der Waals surface area contributed by atoms with Crippen LogP contribution in [0.5, 0.6) is 5.75 Å². The maximum Gasteiger partial charge on any atom is 0.223 e. The summed E-state index contributed by atoms with van der Waals surface area (Å²) in [5.41, 5.74) is 3.70. The Labute approximate surface area is 149 Å². The highest BCUT2D eigenvalue weighted by molar-refractivity contribution is 5.78. The van der Waals surface area contributed by atoms with Crippen molar-refractivity contribution in [3.05, 3.63) is 59.7 Å². The van der Waals surface area contributed by atoms with Crippen LogP contribution in [0.2, 0.25) is 0 Å². The quantitative estimate of drug-likeness (QED) is 0.863. The highest BCUT2D eigenvalue weighted by atomic mass is 16.5.